The molecule has 1 aliphatic rings. The molecule has 23 heavy (non-hydrogen) atoms. The third kappa shape index (κ3) is 3.55. The number of aromatic amines is 1. The number of amides is 2. The molecular formula is C16H15N5O2. The molecular weight excluding hydrogens is 294 g/mol. The molecule has 2 aromatic rings. The summed E-state index contributed by atoms with van der Waals surface area (Å²) < 4.78 is 0. The minimum absolute atomic E-state index is 0.00737. The summed E-state index contributed by atoms with van der Waals surface area (Å²) in [6, 6.07) is 7.00. The first kappa shape index (κ1) is 14.8. The molecule has 0 spiro atoms. The van der Waals surface area contributed by atoms with E-state index < -0.39 is 11.8 Å². The molecule has 1 saturated carbocycles. The maximum Gasteiger partial charge on any atom is 0.313 e. The zero-order valence-corrected chi connectivity index (χ0v) is 12.3. The first-order chi connectivity index (χ1) is 11.2. The maximum atomic E-state index is 11.7. The summed E-state index contributed by atoms with van der Waals surface area (Å²) in [5.74, 6) is 2.63. The molecule has 3 rings (SSSR count). The Kier molecular flexibility index (Phi) is 4.06. The SMILES string of the molecule is C#CCNC(=O)C(=O)Nc1cccc(-c2n[nH]c(C3CC3)n2)c1. The van der Waals surface area contributed by atoms with Crippen LogP contribution < -0.4 is 10.6 Å². The largest absolute Gasteiger partial charge is 0.337 e. The van der Waals surface area contributed by atoms with Crippen LogP contribution in [0.4, 0.5) is 5.69 Å². The first-order valence-electron chi connectivity index (χ1n) is 7.22. The molecule has 7 nitrogen and oxygen atoms in total. The van der Waals surface area contributed by atoms with E-state index in [1.807, 2.05) is 6.07 Å². The van der Waals surface area contributed by atoms with E-state index in [9.17, 15) is 9.59 Å². The molecule has 1 aromatic heterocycles. The van der Waals surface area contributed by atoms with Crippen molar-refractivity contribution in [2.75, 3.05) is 11.9 Å². The van der Waals surface area contributed by atoms with Crippen molar-refractivity contribution in [3.8, 4) is 23.7 Å². The average molecular weight is 309 g/mol. The Balaban J connectivity index is 1.70. The highest BCUT2D eigenvalue weighted by Gasteiger charge is 2.27. The first-order valence-corrected chi connectivity index (χ1v) is 7.22. The molecule has 1 aromatic carbocycles. The molecule has 2 amide bonds. The number of carbonyl (C=O) groups is 2. The van der Waals surface area contributed by atoms with Gasteiger partial charge >= 0.3 is 11.8 Å². The Morgan fingerprint density at radius 1 is 1.35 bits per heavy atom. The molecule has 0 bridgehead atoms. The quantitative estimate of drug-likeness (QED) is 0.580. The third-order valence-electron chi connectivity index (χ3n) is 3.40. The van der Waals surface area contributed by atoms with Gasteiger partial charge in [-0.25, -0.2) is 4.98 Å². The van der Waals surface area contributed by atoms with Gasteiger partial charge in [-0.05, 0) is 25.0 Å². The van der Waals surface area contributed by atoms with Crippen molar-refractivity contribution in [1.29, 1.82) is 0 Å². The second-order valence-electron chi connectivity index (χ2n) is 5.24. The van der Waals surface area contributed by atoms with Crippen molar-refractivity contribution in [3.63, 3.8) is 0 Å². The third-order valence-corrected chi connectivity index (χ3v) is 3.40. The fraction of sp³-hybridized carbons (Fsp3) is 0.250. The number of anilines is 1. The van der Waals surface area contributed by atoms with Crippen molar-refractivity contribution >= 4 is 17.5 Å². The van der Waals surface area contributed by atoms with Gasteiger partial charge in [-0.1, -0.05) is 18.1 Å². The fourth-order valence-electron chi connectivity index (χ4n) is 2.08. The van der Waals surface area contributed by atoms with Crippen molar-refractivity contribution < 1.29 is 9.59 Å². The van der Waals surface area contributed by atoms with E-state index >= 15 is 0 Å². The Morgan fingerprint density at radius 2 is 2.17 bits per heavy atom. The van der Waals surface area contributed by atoms with Gasteiger partial charge in [0.2, 0.25) is 0 Å². The number of nitrogens with zero attached hydrogens (tertiary/aromatic N) is 2. The van der Waals surface area contributed by atoms with Crippen LogP contribution in [0, 0.1) is 12.3 Å². The van der Waals surface area contributed by atoms with Crippen molar-refractivity contribution in [3.05, 3.63) is 30.1 Å². The molecule has 0 saturated heterocycles. The lowest BCUT2D eigenvalue weighted by molar-refractivity contribution is -0.136. The molecule has 0 atom stereocenters. The minimum Gasteiger partial charge on any atom is -0.337 e. The summed E-state index contributed by atoms with van der Waals surface area (Å²) in [5.41, 5.74) is 1.25. The summed E-state index contributed by atoms with van der Waals surface area (Å²) in [4.78, 5) is 27.7. The van der Waals surface area contributed by atoms with E-state index in [0.717, 1.165) is 24.2 Å². The number of nitrogens with one attached hydrogen (secondary N) is 3. The Labute approximate surface area is 132 Å². The Morgan fingerprint density at radius 3 is 2.91 bits per heavy atom. The summed E-state index contributed by atoms with van der Waals surface area (Å²) >= 11 is 0. The minimum atomic E-state index is -0.776. The number of terminal acetylenes is 1. The topological polar surface area (TPSA) is 99.8 Å². The van der Waals surface area contributed by atoms with Crippen LogP contribution in [0.15, 0.2) is 24.3 Å². The van der Waals surface area contributed by atoms with Crippen molar-refractivity contribution in [1.82, 2.24) is 20.5 Å². The Hall–Kier alpha value is -3.14. The molecule has 116 valence electrons. The van der Waals surface area contributed by atoms with E-state index in [4.69, 9.17) is 6.42 Å². The van der Waals surface area contributed by atoms with Gasteiger partial charge in [0, 0.05) is 17.2 Å². The summed E-state index contributed by atoms with van der Waals surface area (Å²) in [7, 11) is 0. The van der Waals surface area contributed by atoms with Gasteiger partial charge in [0.1, 0.15) is 5.82 Å². The fourth-order valence-corrected chi connectivity index (χ4v) is 2.08. The van der Waals surface area contributed by atoms with Crippen LogP contribution in [0.5, 0.6) is 0 Å². The predicted molar refractivity (Wildman–Crippen MR) is 84.3 cm³/mol. The zero-order chi connectivity index (χ0) is 16.2. The lowest BCUT2D eigenvalue weighted by atomic mass is 10.2. The number of carbonyl (C=O) groups excluding carboxylic acids is 2. The highest BCUT2D eigenvalue weighted by atomic mass is 16.2. The van der Waals surface area contributed by atoms with E-state index in [1.165, 1.54) is 0 Å². The van der Waals surface area contributed by atoms with E-state index in [1.54, 1.807) is 18.2 Å². The molecule has 0 radical (unpaired) electrons. The number of aromatic nitrogens is 3. The van der Waals surface area contributed by atoms with E-state index in [0.29, 0.717) is 17.4 Å². The van der Waals surface area contributed by atoms with E-state index in [-0.39, 0.29) is 6.54 Å². The normalized spacial score (nSPS) is 13.2. The summed E-state index contributed by atoms with van der Waals surface area (Å²) in [6.45, 7) is 0.00737. The second-order valence-corrected chi connectivity index (χ2v) is 5.24. The Bertz CT molecular complexity index is 786. The van der Waals surface area contributed by atoms with Gasteiger partial charge < -0.3 is 10.6 Å². The number of hydrogen-bond donors (Lipinski definition) is 3. The van der Waals surface area contributed by atoms with Crippen molar-refractivity contribution in [2.24, 2.45) is 0 Å². The van der Waals surface area contributed by atoms with Crippen LogP contribution in [-0.2, 0) is 9.59 Å². The molecule has 1 aliphatic carbocycles. The highest BCUT2D eigenvalue weighted by molar-refractivity contribution is 6.39. The number of H-pyrrole nitrogens is 1. The van der Waals surface area contributed by atoms with Crippen LogP contribution in [-0.4, -0.2) is 33.5 Å². The molecule has 1 fully saturated rings. The number of rotatable bonds is 4. The highest BCUT2D eigenvalue weighted by Crippen LogP contribution is 2.38. The standard InChI is InChI=1S/C16H15N5O2/c1-2-8-17-15(22)16(23)18-12-5-3-4-11(9-12)14-19-13(20-21-14)10-6-7-10/h1,3-5,9-10H,6-8H2,(H,17,22)(H,18,23)(H,19,20,21). The lowest BCUT2D eigenvalue weighted by Crippen LogP contribution is -2.35. The van der Waals surface area contributed by atoms with Gasteiger partial charge in [0.05, 0.1) is 6.54 Å². The van der Waals surface area contributed by atoms with E-state index in [2.05, 4.69) is 31.7 Å². The number of hydrogen-bond acceptors (Lipinski definition) is 4. The van der Waals surface area contributed by atoms with Gasteiger partial charge in [-0.2, -0.15) is 5.10 Å². The smallest absolute Gasteiger partial charge is 0.313 e. The maximum absolute atomic E-state index is 11.7. The van der Waals surface area contributed by atoms with Gasteiger partial charge in [0.15, 0.2) is 5.82 Å². The predicted octanol–water partition coefficient (Wildman–Crippen LogP) is 1.04. The molecule has 1 heterocycles. The van der Waals surface area contributed by atoms with Crippen LogP contribution in [0.25, 0.3) is 11.4 Å². The van der Waals surface area contributed by atoms with Crippen LogP contribution in [0.3, 0.4) is 0 Å². The zero-order valence-electron chi connectivity index (χ0n) is 12.3. The van der Waals surface area contributed by atoms with Gasteiger partial charge in [-0.15, -0.1) is 6.42 Å². The second kappa shape index (κ2) is 6.32. The van der Waals surface area contributed by atoms with Crippen LogP contribution >= 0.6 is 0 Å². The molecule has 0 unspecified atom stereocenters. The van der Waals surface area contributed by atoms with Gasteiger partial charge in [0.25, 0.3) is 0 Å². The lowest BCUT2D eigenvalue weighted by Gasteiger charge is -2.05. The average Bonchev–Trinajstić information content (AvgIpc) is 3.30. The molecule has 0 aliphatic heterocycles. The number of benzene rings is 1. The van der Waals surface area contributed by atoms with Crippen LogP contribution in [0.1, 0.15) is 24.6 Å². The summed E-state index contributed by atoms with van der Waals surface area (Å²) in [6.07, 6.45) is 7.30. The van der Waals surface area contributed by atoms with Crippen LogP contribution in [0.2, 0.25) is 0 Å². The summed E-state index contributed by atoms with van der Waals surface area (Å²) in [5, 5.41) is 12.0. The molecule has 3 N–H and O–H groups in total. The molecule has 7 heteroatoms. The van der Waals surface area contributed by atoms with Crippen molar-refractivity contribution in [2.45, 2.75) is 18.8 Å². The van der Waals surface area contributed by atoms with Gasteiger partial charge in [-0.3, -0.25) is 14.7 Å². The monoisotopic (exact) mass is 309 g/mol.